The Balaban J connectivity index is 3.71. The Kier molecular flexibility index (Phi) is 9.27. The van der Waals surface area contributed by atoms with Crippen LogP contribution in [-0.4, -0.2) is 51.3 Å². The molecule has 0 aliphatic heterocycles. The van der Waals surface area contributed by atoms with Crippen LogP contribution in [0.3, 0.4) is 0 Å². The summed E-state index contributed by atoms with van der Waals surface area (Å²) >= 11 is 0. The molecular formula is C11H25N3O. The number of rotatable bonds is 7. The van der Waals surface area contributed by atoms with E-state index in [1.165, 1.54) is 12.8 Å². The number of hydrogen-bond acceptors (Lipinski definition) is 2. The van der Waals surface area contributed by atoms with Crippen molar-refractivity contribution in [1.29, 1.82) is 0 Å². The summed E-state index contributed by atoms with van der Waals surface area (Å²) in [5.41, 5.74) is 0. The Bertz CT molecular complexity index is 171. The minimum atomic E-state index is 0.733. The van der Waals surface area contributed by atoms with Gasteiger partial charge in [-0.2, -0.15) is 0 Å². The topological polar surface area (TPSA) is 36.9 Å². The molecule has 0 bridgehead atoms. The first-order valence-corrected chi connectivity index (χ1v) is 5.75. The quantitative estimate of drug-likeness (QED) is 0.395. The number of ether oxygens (including phenoxy) is 1. The molecular weight excluding hydrogens is 190 g/mol. The first-order valence-electron chi connectivity index (χ1n) is 5.75. The van der Waals surface area contributed by atoms with Gasteiger partial charge in [-0.05, 0) is 13.3 Å². The molecule has 4 heteroatoms. The zero-order valence-electron chi connectivity index (χ0n) is 10.5. The lowest BCUT2D eigenvalue weighted by molar-refractivity contribution is 0.152. The van der Waals surface area contributed by atoms with Gasteiger partial charge in [0, 0.05) is 33.8 Å². The molecule has 0 radical (unpaired) electrons. The van der Waals surface area contributed by atoms with Gasteiger partial charge < -0.3 is 15.0 Å². The second-order valence-corrected chi connectivity index (χ2v) is 3.45. The van der Waals surface area contributed by atoms with Gasteiger partial charge in [0.2, 0.25) is 0 Å². The van der Waals surface area contributed by atoms with Crippen LogP contribution < -0.4 is 5.32 Å². The second-order valence-electron chi connectivity index (χ2n) is 3.45. The molecule has 0 aromatic heterocycles. The predicted octanol–water partition coefficient (Wildman–Crippen LogP) is 1.33. The normalized spacial score (nSPS) is 11.6. The van der Waals surface area contributed by atoms with Crippen molar-refractivity contribution in [3.05, 3.63) is 0 Å². The second kappa shape index (κ2) is 9.77. The highest BCUT2D eigenvalue weighted by Crippen LogP contribution is 1.92. The fourth-order valence-corrected chi connectivity index (χ4v) is 1.27. The van der Waals surface area contributed by atoms with Gasteiger partial charge in [0.15, 0.2) is 5.96 Å². The third kappa shape index (κ3) is 7.19. The van der Waals surface area contributed by atoms with E-state index in [1.54, 1.807) is 0 Å². The maximum Gasteiger partial charge on any atom is 0.193 e. The van der Waals surface area contributed by atoms with Crippen molar-refractivity contribution in [1.82, 2.24) is 10.2 Å². The minimum Gasteiger partial charge on any atom is -0.380 e. The van der Waals surface area contributed by atoms with E-state index in [0.717, 1.165) is 32.3 Å². The fraction of sp³-hybridized carbons (Fsp3) is 0.909. The van der Waals surface area contributed by atoms with Crippen LogP contribution >= 0.6 is 0 Å². The molecule has 0 spiro atoms. The first kappa shape index (κ1) is 14.2. The monoisotopic (exact) mass is 215 g/mol. The van der Waals surface area contributed by atoms with Gasteiger partial charge in [-0.25, -0.2) is 0 Å². The zero-order valence-corrected chi connectivity index (χ0v) is 10.5. The molecule has 15 heavy (non-hydrogen) atoms. The molecule has 0 unspecified atom stereocenters. The summed E-state index contributed by atoms with van der Waals surface area (Å²) in [7, 11) is 3.87. The Morgan fingerprint density at radius 1 is 1.40 bits per heavy atom. The van der Waals surface area contributed by atoms with Crippen molar-refractivity contribution in [3.63, 3.8) is 0 Å². The Hall–Kier alpha value is -0.770. The van der Waals surface area contributed by atoms with E-state index in [-0.39, 0.29) is 0 Å². The van der Waals surface area contributed by atoms with E-state index in [4.69, 9.17) is 4.74 Å². The Morgan fingerprint density at radius 3 is 2.67 bits per heavy atom. The van der Waals surface area contributed by atoms with E-state index in [0.29, 0.717) is 0 Å². The van der Waals surface area contributed by atoms with Crippen LogP contribution in [0.5, 0.6) is 0 Å². The predicted molar refractivity (Wildman–Crippen MR) is 65.4 cm³/mol. The lowest BCUT2D eigenvalue weighted by atomic mass is 10.3. The van der Waals surface area contributed by atoms with Crippen LogP contribution in [0.25, 0.3) is 0 Å². The first-order chi connectivity index (χ1) is 7.26. The highest BCUT2D eigenvalue weighted by Gasteiger charge is 2.03. The van der Waals surface area contributed by atoms with Crippen molar-refractivity contribution >= 4 is 5.96 Å². The molecule has 0 saturated carbocycles. The number of unbranched alkanes of at least 4 members (excludes halogenated alkanes) is 1. The van der Waals surface area contributed by atoms with Crippen LogP contribution in [-0.2, 0) is 4.74 Å². The molecule has 0 amide bonds. The maximum atomic E-state index is 5.25. The van der Waals surface area contributed by atoms with Gasteiger partial charge in [-0.15, -0.1) is 0 Å². The number of guanidine groups is 1. The van der Waals surface area contributed by atoms with Gasteiger partial charge in [-0.3, -0.25) is 4.99 Å². The summed E-state index contributed by atoms with van der Waals surface area (Å²) in [5, 5.41) is 3.26. The van der Waals surface area contributed by atoms with E-state index in [2.05, 4.69) is 29.2 Å². The van der Waals surface area contributed by atoms with E-state index in [9.17, 15) is 0 Å². The summed E-state index contributed by atoms with van der Waals surface area (Å²) in [6.45, 7) is 7.56. The van der Waals surface area contributed by atoms with Crippen molar-refractivity contribution in [2.24, 2.45) is 4.99 Å². The number of hydrogen-bond donors (Lipinski definition) is 1. The van der Waals surface area contributed by atoms with Crippen LogP contribution in [0.4, 0.5) is 0 Å². The van der Waals surface area contributed by atoms with Crippen molar-refractivity contribution < 1.29 is 4.74 Å². The van der Waals surface area contributed by atoms with Crippen molar-refractivity contribution in [3.8, 4) is 0 Å². The average Bonchev–Trinajstić information content (AvgIpc) is 2.26. The van der Waals surface area contributed by atoms with E-state index in [1.807, 2.05) is 14.0 Å². The summed E-state index contributed by atoms with van der Waals surface area (Å²) in [6.07, 6.45) is 2.41. The molecule has 90 valence electrons. The summed E-state index contributed by atoms with van der Waals surface area (Å²) in [5.74, 6) is 0.947. The van der Waals surface area contributed by atoms with Crippen LogP contribution in [0, 0.1) is 0 Å². The van der Waals surface area contributed by atoms with Gasteiger partial charge in [0.1, 0.15) is 0 Å². The third-order valence-electron chi connectivity index (χ3n) is 2.15. The van der Waals surface area contributed by atoms with Gasteiger partial charge >= 0.3 is 0 Å². The Morgan fingerprint density at radius 2 is 2.13 bits per heavy atom. The molecule has 0 atom stereocenters. The van der Waals surface area contributed by atoms with Gasteiger partial charge in [0.05, 0.1) is 6.61 Å². The van der Waals surface area contributed by atoms with Crippen LogP contribution in [0.2, 0.25) is 0 Å². The molecule has 0 heterocycles. The SMILES string of the molecule is CCCCN(C)C(=NC)NCCOCC. The summed E-state index contributed by atoms with van der Waals surface area (Å²) in [4.78, 5) is 6.36. The molecule has 1 N–H and O–H groups in total. The number of nitrogens with zero attached hydrogens (tertiary/aromatic N) is 2. The average molecular weight is 215 g/mol. The summed E-state index contributed by atoms with van der Waals surface area (Å²) < 4.78 is 5.25. The lowest BCUT2D eigenvalue weighted by Gasteiger charge is -2.21. The largest absolute Gasteiger partial charge is 0.380 e. The molecule has 0 saturated heterocycles. The molecule has 4 nitrogen and oxygen atoms in total. The number of nitrogens with one attached hydrogen (secondary N) is 1. The molecule has 0 fully saturated rings. The van der Waals surface area contributed by atoms with Gasteiger partial charge in [0.25, 0.3) is 0 Å². The van der Waals surface area contributed by atoms with Crippen molar-refractivity contribution in [2.75, 3.05) is 40.4 Å². The van der Waals surface area contributed by atoms with Crippen molar-refractivity contribution in [2.45, 2.75) is 26.7 Å². The minimum absolute atomic E-state index is 0.733. The number of aliphatic imine (C=N–C) groups is 1. The lowest BCUT2D eigenvalue weighted by Crippen LogP contribution is -2.40. The molecule has 0 aromatic carbocycles. The summed E-state index contributed by atoms with van der Waals surface area (Å²) in [6, 6.07) is 0. The fourth-order valence-electron chi connectivity index (χ4n) is 1.27. The van der Waals surface area contributed by atoms with E-state index < -0.39 is 0 Å². The molecule has 0 rings (SSSR count). The van der Waals surface area contributed by atoms with Crippen LogP contribution in [0.1, 0.15) is 26.7 Å². The molecule has 0 aromatic rings. The third-order valence-corrected chi connectivity index (χ3v) is 2.15. The standard InChI is InChI=1S/C11H25N3O/c1-5-7-9-14(4)11(12-3)13-8-10-15-6-2/h5-10H2,1-4H3,(H,12,13). The van der Waals surface area contributed by atoms with E-state index >= 15 is 0 Å². The smallest absolute Gasteiger partial charge is 0.193 e. The zero-order chi connectivity index (χ0) is 11.5. The highest BCUT2D eigenvalue weighted by molar-refractivity contribution is 5.79. The van der Waals surface area contributed by atoms with Gasteiger partial charge in [-0.1, -0.05) is 13.3 Å². The highest BCUT2D eigenvalue weighted by atomic mass is 16.5. The molecule has 0 aliphatic carbocycles. The molecule has 0 aliphatic rings. The Labute approximate surface area is 93.7 Å². The van der Waals surface area contributed by atoms with Crippen LogP contribution in [0.15, 0.2) is 4.99 Å². The maximum absolute atomic E-state index is 5.25.